The Bertz CT molecular complexity index is 877. The van der Waals surface area contributed by atoms with E-state index in [0.717, 1.165) is 22.0 Å². The molecule has 1 N–H and O–H groups in total. The Hall–Kier alpha value is -2.46. The Morgan fingerprint density at radius 3 is 2.68 bits per heavy atom. The average molecular weight is 312 g/mol. The van der Waals surface area contributed by atoms with Crippen molar-refractivity contribution >= 4 is 34.1 Å². The van der Waals surface area contributed by atoms with Crippen molar-refractivity contribution in [2.24, 2.45) is 0 Å². The van der Waals surface area contributed by atoms with Gasteiger partial charge in [0.15, 0.2) is 0 Å². The highest BCUT2D eigenvalue weighted by Crippen LogP contribution is 2.20. The fourth-order valence-corrected chi connectivity index (χ4v) is 2.52. The maximum atomic E-state index is 12.4. The van der Waals surface area contributed by atoms with E-state index in [9.17, 15) is 4.79 Å². The molecule has 0 aliphatic carbocycles. The number of nitrogens with one attached hydrogen (secondary N) is 1. The number of halogens is 1. The maximum absolute atomic E-state index is 12.4. The summed E-state index contributed by atoms with van der Waals surface area (Å²) in [5, 5.41) is 4.27. The summed E-state index contributed by atoms with van der Waals surface area (Å²) in [6.45, 7) is 3.83. The molecule has 0 saturated carbocycles. The molecule has 4 nitrogen and oxygen atoms in total. The second kappa shape index (κ2) is 5.73. The van der Waals surface area contributed by atoms with Gasteiger partial charge in [0.05, 0.1) is 17.4 Å². The number of anilines is 1. The molecular weight excluding hydrogens is 298 g/mol. The Labute approximate surface area is 133 Å². The molecule has 0 aliphatic rings. The molecular formula is C17H14ClN3O. The standard InChI is InChI=1S/C17H14ClN3O/c1-10-7-14(20-13-6-4-3-5-12(10)13)17(22)21-15-9-19-16(18)8-11(15)2/h3-9H,1-2H3,(H,21,22). The van der Waals surface area contributed by atoms with Crippen molar-refractivity contribution in [2.75, 3.05) is 5.32 Å². The van der Waals surface area contributed by atoms with Gasteiger partial charge in [0, 0.05) is 5.39 Å². The van der Waals surface area contributed by atoms with Gasteiger partial charge in [0.1, 0.15) is 10.8 Å². The van der Waals surface area contributed by atoms with Gasteiger partial charge in [-0.3, -0.25) is 4.79 Å². The fraction of sp³-hybridized carbons (Fsp3) is 0.118. The van der Waals surface area contributed by atoms with Gasteiger partial charge in [0.2, 0.25) is 0 Å². The Morgan fingerprint density at radius 1 is 1.14 bits per heavy atom. The minimum absolute atomic E-state index is 0.263. The van der Waals surface area contributed by atoms with Crippen LogP contribution in [0.3, 0.4) is 0 Å². The molecule has 0 atom stereocenters. The monoisotopic (exact) mass is 311 g/mol. The highest BCUT2D eigenvalue weighted by atomic mass is 35.5. The van der Waals surface area contributed by atoms with E-state index >= 15 is 0 Å². The number of rotatable bonds is 2. The van der Waals surface area contributed by atoms with Crippen LogP contribution in [0.4, 0.5) is 5.69 Å². The van der Waals surface area contributed by atoms with E-state index in [0.29, 0.717) is 16.5 Å². The van der Waals surface area contributed by atoms with Crippen LogP contribution in [0, 0.1) is 13.8 Å². The first-order valence-corrected chi connectivity index (χ1v) is 7.22. The summed E-state index contributed by atoms with van der Waals surface area (Å²) in [6.07, 6.45) is 1.55. The van der Waals surface area contributed by atoms with Crippen molar-refractivity contribution in [2.45, 2.75) is 13.8 Å². The third-order valence-electron chi connectivity index (χ3n) is 3.48. The topological polar surface area (TPSA) is 54.9 Å². The van der Waals surface area contributed by atoms with E-state index < -0.39 is 0 Å². The molecule has 3 rings (SSSR count). The van der Waals surface area contributed by atoms with Crippen molar-refractivity contribution in [3.05, 3.63) is 64.6 Å². The van der Waals surface area contributed by atoms with Gasteiger partial charge in [0.25, 0.3) is 5.91 Å². The van der Waals surface area contributed by atoms with Crippen molar-refractivity contribution in [1.29, 1.82) is 0 Å². The second-order valence-electron chi connectivity index (χ2n) is 5.12. The number of benzene rings is 1. The number of para-hydroxylation sites is 1. The number of pyridine rings is 2. The zero-order valence-corrected chi connectivity index (χ0v) is 13.0. The smallest absolute Gasteiger partial charge is 0.274 e. The van der Waals surface area contributed by atoms with Crippen LogP contribution in [-0.2, 0) is 0 Å². The first-order chi connectivity index (χ1) is 10.5. The summed E-state index contributed by atoms with van der Waals surface area (Å²) in [7, 11) is 0. The molecule has 1 aromatic carbocycles. The van der Waals surface area contributed by atoms with Crippen LogP contribution in [0.1, 0.15) is 21.6 Å². The lowest BCUT2D eigenvalue weighted by Crippen LogP contribution is -2.15. The Morgan fingerprint density at radius 2 is 1.91 bits per heavy atom. The molecule has 0 fully saturated rings. The third-order valence-corrected chi connectivity index (χ3v) is 3.69. The third kappa shape index (κ3) is 2.78. The van der Waals surface area contributed by atoms with E-state index in [1.807, 2.05) is 38.1 Å². The van der Waals surface area contributed by atoms with Crippen LogP contribution in [0.2, 0.25) is 5.15 Å². The molecule has 0 spiro atoms. The summed E-state index contributed by atoms with van der Waals surface area (Å²) in [5.74, 6) is -0.263. The van der Waals surface area contributed by atoms with Gasteiger partial charge in [-0.15, -0.1) is 0 Å². The summed E-state index contributed by atoms with van der Waals surface area (Å²) in [5.41, 5.74) is 3.68. The molecule has 0 aliphatic heterocycles. The fourth-order valence-electron chi connectivity index (χ4n) is 2.30. The Balaban J connectivity index is 1.95. The number of carbonyl (C=O) groups excluding carboxylic acids is 1. The first-order valence-electron chi connectivity index (χ1n) is 6.84. The number of hydrogen-bond donors (Lipinski definition) is 1. The summed E-state index contributed by atoms with van der Waals surface area (Å²) in [4.78, 5) is 20.8. The first kappa shape index (κ1) is 14.5. The van der Waals surface area contributed by atoms with Gasteiger partial charge in [-0.2, -0.15) is 0 Å². The van der Waals surface area contributed by atoms with Crippen LogP contribution in [-0.4, -0.2) is 15.9 Å². The number of aromatic nitrogens is 2. The largest absolute Gasteiger partial charge is 0.319 e. The van der Waals surface area contributed by atoms with Gasteiger partial charge in [-0.05, 0) is 43.2 Å². The van der Waals surface area contributed by atoms with E-state index in [4.69, 9.17) is 11.6 Å². The van der Waals surface area contributed by atoms with Crippen LogP contribution >= 0.6 is 11.6 Å². The number of amides is 1. The van der Waals surface area contributed by atoms with Crippen LogP contribution in [0.25, 0.3) is 10.9 Å². The zero-order valence-electron chi connectivity index (χ0n) is 12.2. The highest BCUT2D eigenvalue weighted by molar-refractivity contribution is 6.29. The van der Waals surface area contributed by atoms with Gasteiger partial charge >= 0.3 is 0 Å². The molecule has 2 heterocycles. The lowest BCUT2D eigenvalue weighted by Gasteiger charge is -2.09. The zero-order chi connectivity index (χ0) is 15.7. The van der Waals surface area contributed by atoms with Crippen LogP contribution in [0.5, 0.6) is 0 Å². The molecule has 0 bridgehead atoms. The average Bonchev–Trinajstić information content (AvgIpc) is 2.50. The summed E-state index contributed by atoms with van der Waals surface area (Å²) in [6, 6.07) is 11.2. The maximum Gasteiger partial charge on any atom is 0.274 e. The predicted molar refractivity (Wildman–Crippen MR) is 88.4 cm³/mol. The predicted octanol–water partition coefficient (Wildman–Crippen LogP) is 4.15. The SMILES string of the molecule is Cc1cc(Cl)ncc1NC(=O)c1cc(C)c2ccccc2n1. The summed E-state index contributed by atoms with van der Waals surface area (Å²) >= 11 is 5.82. The number of nitrogens with zero attached hydrogens (tertiary/aromatic N) is 2. The molecule has 0 unspecified atom stereocenters. The van der Waals surface area contributed by atoms with Gasteiger partial charge in [-0.1, -0.05) is 29.8 Å². The molecule has 22 heavy (non-hydrogen) atoms. The van der Waals surface area contributed by atoms with Crippen LogP contribution < -0.4 is 5.32 Å². The normalized spacial score (nSPS) is 10.7. The number of carbonyl (C=O) groups is 1. The number of fused-ring (bicyclic) bond motifs is 1. The number of hydrogen-bond acceptors (Lipinski definition) is 3. The van der Waals surface area contributed by atoms with E-state index in [2.05, 4.69) is 15.3 Å². The summed E-state index contributed by atoms with van der Waals surface area (Å²) < 4.78 is 0. The molecule has 110 valence electrons. The van der Waals surface area contributed by atoms with Crippen LogP contribution in [0.15, 0.2) is 42.6 Å². The van der Waals surface area contributed by atoms with Gasteiger partial charge in [-0.25, -0.2) is 9.97 Å². The van der Waals surface area contributed by atoms with Crippen molar-refractivity contribution in [3.63, 3.8) is 0 Å². The number of aryl methyl sites for hydroxylation is 2. The minimum atomic E-state index is -0.263. The Kier molecular flexibility index (Phi) is 3.77. The molecule has 5 heteroatoms. The molecule has 3 aromatic rings. The van der Waals surface area contributed by atoms with Crippen molar-refractivity contribution in [3.8, 4) is 0 Å². The van der Waals surface area contributed by atoms with Crippen molar-refractivity contribution < 1.29 is 4.79 Å². The molecule has 1 amide bonds. The van der Waals surface area contributed by atoms with E-state index in [1.54, 1.807) is 18.3 Å². The lowest BCUT2D eigenvalue weighted by atomic mass is 10.1. The highest BCUT2D eigenvalue weighted by Gasteiger charge is 2.12. The quantitative estimate of drug-likeness (QED) is 0.723. The van der Waals surface area contributed by atoms with E-state index in [1.165, 1.54) is 0 Å². The molecule has 0 radical (unpaired) electrons. The molecule has 0 saturated heterocycles. The lowest BCUT2D eigenvalue weighted by molar-refractivity contribution is 0.102. The van der Waals surface area contributed by atoms with Crippen molar-refractivity contribution in [1.82, 2.24) is 9.97 Å². The second-order valence-corrected chi connectivity index (χ2v) is 5.50. The van der Waals surface area contributed by atoms with Gasteiger partial charge < -0.3 is 5.32 Å². The van der Waals surface area contributed by atoms with E-state index in [-0.39, 0.29) is 5.91 Å². The minimum Gasteiger partial charge on any atom is -0.319 e. The molecule has 2 aromatic heterocycles.